The van der Waals surface area contributed by atoms with Crippen molar-refractivity contribution < 1.29 is 9.53 Å². The molecule has 0 N–H and O–H groups in total. The van der Waals surface area contributed by atoms with Crippen LogP contribution in [0.3, 0.4) is 0 Å². The van der Waals surface area contributed by atoms with Crippen molar-refractivity contribution in [3.05, 3.63) is 71.8 Å². The van der Waals surface area contributed by atoms with Gasteiger partial charge < -0.3 is 9.64 Å². The Labute approximate surface area is 131 Å². The van der Waals surface area contributed by atoms with E-state index in [1.807, 2.05) is 74.5 Å². The summed E-state index contributed by atoms with van der Waals surface area (Å²) in [5.41, 5.74) is 1.64. The first kappa shape index (κ1) is 14.6. The van der Waals surface area contributed by atoms with Gasteiger partial charge in [0, 0.05) is 13.0 Å². The third-order valence-electron chi connectivity index (χ3n) is 4.51. The number of cyclic esters (lactones) is 1. The molecule has 0 aromatic heterocycles. The second-order valence-corrected chi connectivity index (χ2v) is 5.99. The number of hydrogen-bond donors (Lipinski definition) is 0. The lowest BCUT2D eigenvalue weighted by molar-refractivity contribution is -0.0491. The molecule has 0 radical (unpaired) electrons. The molecule has 0 saturated carbocycles. The van der Waals surface area contributed by atoms with E-state index in [0.717, 1.165) is 17.5 Å². The lowest BCUT2D eigenvalue weighted by Crippen LogP contribution is -2.47. The largest absolute Gasteiger partial charge is 0.438 e. The van der Waals surface area contributed by atoms with Gasteiger partial charge in [0.05, 0.1) is 6.04 Å². The zero-order valence-corrected chi connectivity index (χ0v) is 13.0. The summed E-state index contributed by atoms with van der Waals surface area (Å²) in [6, 6.07) is 20.1. The number of amides is 1. The fourth-order valence-corrected chi connectivity index (χ4v) is 2.98. The van der Waals surface area contributed by atoms with Crippen LogP contribution in [0, 0.1) is 0 Å². The molecule has 2 aromatic rings. The van der Waals surface area contributed by atoms with Crippen LogP contribution < -0.4 is 0 Å². The predicted molar refractivity (Wildman–Crippen MR) is 86.5 cm³/mol. The van der Waals surface area contributed by atoms with E-state index in [1.165, 1.54) is 0 Å². The second-order valence-electron chi connectivity index (χ2n) is 5.99. The average Bonchev–Trinajstić information content (AvgIpc) is 2.56. The molecule has 1 fully saturated rings. The molecule has 0 aliphatic carbocycles. The van der Waals surface area contributed by atoms with Crippen LogP contribution in [0.1, 0.15) is 37.4 Å². The minimum Gasteiger partial charge on any atom is -0.438 e. The molecule has 114 valence electrons. The number of benzene rings is 2. The van der Waals surface area contributed by atoms with Crippen molar-refractivity contribution in [2.24, 2.45) is 0 Å². The Hall–Kier alpha value is -2.29. The van der Waals surface area contributed by atoms with Crippen molar-refractivity contribution >= 4 is 6.09 Å². The molecule has 1 amide bonds. The van der Waals surface area contributed by atoms with Crippen LogP contribution in [-0.4, -0.2) is 17.5 Å². The second kappa shape index (κ2) is 5.84. The van der Waals surface area contributed by atoms with Crippen LogP contribution in [0.4, 0.5) is 4.79 Å². The summed E-state index contributed by atoms with van der Waals surface area (Å²) in [7, 11) is 0. The minimum atomic E-state index is -0.536. The fraction of sp³-hybridized carbons (Fsp3) is 0.316. The molecule has 2 atom stereocenters. The lowest BCUT2D eigenvalue weighted by Gasteiger charge is -2.41. The number of nitrogens with zero attached hydrogens (tertiary/aromatic N) is 1. The summed E-state index contributed by atoms with van der Waals surface area (Å²) in [6.45, 7) is 4.73. The van der Waals surface area contributed by atoms with Crippen molar-refractivity contribution in [1.82, 2.24) is 4.90 Å². The molecule has 1 heterocycles. The monoisotopic (exact) mass is 295 g/mol. The topological polar surface area (TPSA) is 29.5 Å². The molecule has 3 heteroatoms. The molecule has 3 rings (SSSR count). The van der Waals surface area contributed by atoms with Gasteiger partial charge in [0.25, 0.3) is 0 Å². The standard InChI is InChI=1S/C19H21NO2/c1-15(16-9-5-3-6-10-16)20-14-13-19(2,22-18(20)21)17-11-7-4-8-12-17/h3-12,15H,13-14H2,1-2H3/t15-,19?/m1/s1. The Kier molecular flexibility index (Phi) is 3.88. The van der Waals surface area contributed by atoms with E-state index in [9.17, 15) is 4.79 Å². The summed E-state index contributed by atoms with van der Waals surface area (Å²) in [5.74, 6) is 0. The highest BCUT2D eigenvalue weighted by molar-refractivity contribution is 5.70. The normalized spacial score (nSPS) is 23.0. The number of carbonyl (C=O) groups excluding carboxylic acids is 1. The van der Waals surface area contributed by atoms with Crippen molar-refractivity contribution in [2.75, 3.05) is 6.54 Å². The summed E-state index contributed by atoms with van der Waals surface area (Å²) in [6.07, 6.45) is 0.550. The number of ether oxygens (including phenoxy) is 1. The number of hydrogen-bond acceptors (Lipinski definition) is 2. The van der Waals surface area contributed by atoms with Crippen molar-refractivity contribution in [2.45, 2.75) is 31.9 Å². The van der Waals surface area contributed by atoms with Gasteiger partial charge in [-0.3, -0.25) is 0 Å². The summed E-state index contributed by atoms with van der Waals surface area (Å²) >= 11 is 0. The summed E-state index contributed by atoms with van der Waals surface area (Å²) < 4.78 is 5.80. The quantitative estimate of drug-likeness (QED) is 0.834. The predicted octanol–water partition coefficient (Wildman–Crippen LogP) is 4.51. The van der Waals surface area contributed by atoms with Gasteiger partial charge in [-0.15, -0.1) is 0 Å². The van der Waals surface area contributed by atoms with E-state index in [0.29, 0.717) is 6.54 Å². The molecular weight excluding hydrogens is 274 g/mol. The lowest BCUT2D eigenvalue weighted by atomic mass is 9.90. The van der Waals surface area contributed by atoms with Crippen LogP contribution >= 0.6 is 0 Å². The van der Waals surface area contributed by atoms with E-state index in [-0.39, 0.29) is 12.1 Å². The van der Waals surface area contributed by atoms with Gasteiger partial charge in [-0.05, 0) is 25.0 Å². The van der Waals surface area contributed by atoms with E-state index in [4.69, 9.17) is 4.74 Å². The van der Waals surface area contributed by atoms with Crippen molar-refractivity contribution in [3.8, 4) is 0 Å². The van der Waals surface area contributed by atoms with Crippen LogP contribution in [-0.2, 0) is 10.3 Å². The molecule has 0 spiro atoms. The molecule has 3 nitrogen and oxygen atoms in total. The summed E-state index contributed by atoms with van der Waals surface area (Å²) in [5, 5.41) is 0. The molecule has 2 aromatic carbocycles. The Balaban J connectivity index is 1.77. The Morgan fingerprint density at radius 3 is 2.23 bits per heavy atom. The Bertz CT molecular complexity index is 641. The zero-order valence-electron chi connectivity index (χ0n) is 13.0. The molecule has 1 aliphatic rings. The molecule has 22 heavy (non-hydrogen) atoms. The highest BCUT2D eigenvalue weighted by Gasteiger charge is 2.39. The van der Waals surface area contributed by atoms with Gasteiger partial charge in [-0.1, -0.05) is 60.7 Å². The Morgan fingerprint density at radius 2 is 1.64 bits per heavy atom. The summed E-state index contributed by atoms with van der Waals surface area (Å²) in [4.78, 5) is 14.3. The van der Waals surface area contributed by atoms with Crippen molar-refractivity contribution in [3.63, 3.8) is 0 Å². The fourth-order valence-electron chi connectivity index (χ4n) is 2.98. The van der Waals surface area contributed by atoms with Gasteiger partial charge >= 0.3 is 6.09 Å². The first-order chi connectivity index (χ1) is 10.6. The molecule has 0 bridgehead atoms. The third-order valence-corrected chi connectivity index (χ3v) is 4.51. The van der Waals surface area contributed by atoms with E-state index in [2.05, 4.69) is 0 Å². The van der Waals surface area contributed by atoms with E-state index in [1.54, 1.807) is 4.90 Å². The van der Waals surface area contributed by atoms with Gasteiger partial charge in [0.1, 0.15) is 5.60 Å². The first-order valence-electron chi connectivity index (χ1n) is 7.70. The van der Waals surface area contributed by atoms with Crippen LogP contribution in [0.2, 0.25) is 0 Å². The zero-order chi connectivity index (χ0) is 15.6. The first-order valence-corrected chi connectivity index (χ1v) is 7.70. The maximum atomic E-state index is 12.5. The van der Waals surface area contributed by atoms with Gasteiger partial charge in [0.15, 0.2) is 0 Å². The number of carbonyl (C=O) groups is 1. The van der Waals surface area contributed by atoms with Crippen molar-refractivity contribution in [1.29, 1.82) is 0 Å². The van der Waals surface area contributed by atoms with Crippen LogP contribution in [0.25, 0.3) is 0 Å². The highest BCUT2D eigenvalue weighted by atomic mass is 16.6. The minimum absolute atomic E-state index is 0.0222. The van der Waals surface area contributed by atoms with Crippen LogP contribution in [0.15, 0.2) is 60.7 Å². The number of rotatable bonds is 3. The average molecular weight is 295 g/mol. The van der Waals surface area contributed by atoms with Gasteiger partial charge in [0.2, 0.25) is 0 Å². The van der Waals surface area contributed by atoms with Gasteiger partial charge in [-0.2, -0.15) is 0 Å². The van der Waals surface area contributed by atoms with Gasteiger partial charge in [-0.25, -0.2) is 4.79 Å². The van der Waals surface area contributed by atoms with Crippen LogP contribution in [0.5, 0.6) is 0 Å². The molecular formula is C19H21NO2. The highest BCUT2D eigenvalue weighted by Crippen LogP contribution is 2.36. The SMILES string of the molecule is C[C@H](c1ccccc1)N1CCC(C)(c2ccccc2)OC1=O. The smallest absolute Gasteiger partial charge is 0.411 e. The maximum Gasteiger partial charge on any atom is 0.411 e. The van der Waals surface area contributed by atoms with E-state index >= 15 is 0 Å². The molecule has 1 aliphatic heterocycles. The maximum absolute atomic E-state index is 12.5. The third kappa shape index (κ3) is 2.71. The Morgan fingerprint density at radius 1 is 1.05 bits per heavy atom. The van der Waals surface area contributed by atoms with E-state index < -0.39 is 5.60 Å². The molecule has 1 saturated heterocycles. The molecule has 1 unspecified atom stereocenters.